The summed E-state index contributed by atoms with van der Waals surface area (Å²) in [4.78, 5) is 1.97. The Kier molecular flexibility index (Phi) is 23.2. The van der Waals surface area contributed by atoms with Crippen LogP contribution in [0.25, 0.3) is 0 Å². The largest absolute Gasteiger partial charge is 1.00 e. The van der Waals surface area contributed by atoms with Gasteiger partial charge in [0.25, 0.3) is 0 Å². The first kappa shape index (κ1) is 25.3. The average Bonchev–Trinajstić information content (AvgIpc) is 3.12. The third kappa shape index (κ3) is 14.7. The maximum absolute atomic E-state index is 9.96. The van der Waals surface area contributed by atoms with Crippen molar-refractivity contribution in [1.29, 1.82) is 0 Å². The number of ether oxygens (including phenoxy) is 1. The maximum atomic E-state index is 9.96. The molecule has 124 valence electrons. The summed E-state index contributed by atoms with van der Waals surface area (Å²) in [6.45, 7) is 0.497. The standard InChI is InChI=1S/C6H7BrO2.C5H5BrO2.CH3F.CH3I.Na.H/c1-8-4-6-2-5(7)3-9-6;6-4-1-5(2-7)8-3-4;2*1-2;;/h2-3H,4H2,1H3;1,3,7H,2H2;2*1H3;;/q;;;;+1;-1/i;;1D;;;. The summed E-state index contributed by atoms with van der Waals surface area (Å²) in [5, 5.41) is 8.44. The number of aliphatic hydroxyl groups is 1. The Balaban J connectivity index is -0.000000124. The zero-order chi connectivity index (χ0) is 17.4. The molecule has 2 rings (SSSR count). The molecule has 1 N–H and O–H groups in total. The molecule has 0 saturated heterocycles. The van der Waals surface area contributed by atoms with Crippen molar-refractivity contribution < 1.29 is 55.4 Å². The van der Waals surface area contributed by atoms with Gasteiger partial charge in [-0.3, -0.25) is 4.39 Å². The van der Waals surface area contributed by atoms with E-state index in [-0.39, 0.29) is 37.6 Å². The fraction of sp³-hybridized carbons (Fsp3) is 0.385. The van der Waals surface area contributed by atoms with E-state index in [1.165, 1.54) is 6.26 Å². The molecule has 2 aromatic heterocycles. The van der Waals surface area contributed by atoms with Crippen molar-refractivity contribution in [3.05, 3.63) is 45.1 Å². The Morgan fingerprint density at radius 3 is 1.91 bits per heavy atom. The molecule has 0 unspecified atom stereocenters. The van der Waals surface area contributed by atoms with Crippen LogP contribution in [0.3, 0.4) is 0 Å². The molecule has 0 spiro atoms. The van der Waals surface area contributed by atoms with Gasteiger partial charge in [-0.25, -0.2) is 0 Å². The van der Waals surface area contributed by atoms with Gasteiger partial charge in [-0.1, -0.05) is 22.6 Å². The fourth-order valence-corrected chi connectivity index (χ4v) is 1.71. The summed E-state index contributed by atoms with van der Waals surface area (Å²) in [6, 6.07) is 3.60. The van der Waals surface area contributed by atoms with Crippen LogP contribution in [0.2, 0.25) is 0 Å². The van der Waals surface area contributed by atoms with Crippen LogP contribution < -0.4 is 29.6 Å². The predicted molar refractivity (Wildman–Crippen MR) is 97.5 cm³/mol. The van der Waals surface area contributed by atoms with Gasteiger partial charge in [-0.2, -0.15) is 0 Å². The molecule has 0 aliphatic carbocycles. The molecule has 2 aromatic rings. The number of hydrogen-bond acceptors (Lipinski definition) is 4. The Hall–Kier alpha value is 1.10. The molecule has 0 atom stereocenters. The van der Waals surface area contributed by atoms with Crippen molar-refractivity contribution in [1.82, 2.24) is 0 Å². The number of halogens is 4. The molecule has 0 aliphatic rings. The number of furan rings is 2. The Bertz CT molecular complexity index is 478. The molecule has 0 amide bonds. The van der Waals surface area contributed by atoms with Gasteiger partial charge in [0, 0.05) is 7.11 Å². The van der Waals surface area contributed by atoms with Gasteiger partial charge in [-0.05, 0) is 48.9 Å². The SMILES string of the molecule is CI.COCc1cc(Br)co1.OCc1cc(Br)co1.[2H]CF.[H-].[Na+]. The number of alkyl halides is 2. The van der Waals surface area contributed by atoms with E-state index in [9.17, 15) is 4.39 Å². The summed E-state index contributed by atoms with van der Waals surface area (Å²) in [7, 11) is 0.635. The Labute approximate surface area is 185 Å². The predicted octanol–water partition coefficient (Wildman–Crippen LogP) is 2.48. The van der Waals surface area contributed by atoms with Gasteiger partial charge in [-0.15, -0.1) is 0 Å². The van der Waals surface area contributed by atoms with Crippen LogP contribution in [0.4, 0.5) is 4.39 Å². The first-order valence-corrected chi connectivity index (χ1v) is 9.10. The number of hydrogen-bond donors (Lipinski definition) is 1. The van der Waals surface area contributed by atoms with Crippen molar-refractivity contribution in [2.75, 3.05) is 19.2 Å². The van der Waals surface area contributed by atoms with Crippen molar-refractivity contribution in [2.24, 2.45) is 0 Å². The monoisotopic (exact) mass is 567 g/mol. The van der Waals surface area contributed by atoms with Crippen molar-refractivity contribution in [2.45, 2.75) is 13.2 Å². The minimum absolute atomic E-state index is 0. The summed E-state index contributed by atoms with van der Waals surface area (Å²) < 4.78 is 32.0. The van der Waals surface area contributed by atoms with Crippen LogP contribution >= 0.6 is 54.5 Å². The quantitative estimate of drug-likeness (QED) is 0.351. The first-order valence-electron chi connectivity index (χ1n) is 6.06. The van der Waals surface area contributed by atoms with Crippen LogP contribution in [0.1, 0.15) is 14.3 Å². The maximum Gasteiger partial charge on any atom is 1.00 e. The Morgan fingerprint density at radius 1 is 1.27 bits per heavy atom. The second-order valence-electron chi connectivity index (χ2n) is 3.05. The van der Waals surface area contributed by atoms with E-state index >= 15 is 0 Å². The third-order valence-corrected chi connectivity index (χ3v) is 2.52. The van der Waals surface area contributed by atoms with E-state index in [1.54, 1.807) is 19.4 Å². The van der Waals surface area contributed by atoms with Crippen LogP contribution in [-0.2, 0) is 18.0 Å². The van der Waals surface area contributed by atoms with Crippen LogP contribution in [-0.4, -0.2) is 24.3 Å². The van der Waals surface area contributed by atoms with E-state index in [1.807, 2.05) is 11.0 Å². The molecule has 0 saturated carbocycles. The topological polar surface area (TPSA) is 55.7 Å². The van der Waals surface area contributed by atoms with Crippen molar-refractivity contribution >= 4 is 54.5 Å². The molecule has 0 aliphatic heterocycles. The van der Waals surface area contributed by atoms with Crippen molar-refractivity contribution in [3.8, 4) is 0 Å². The summed E-state index contributed by atoms with van der Waals surface area (Å²) in [5.74, 6) is 1.42. The molecule has 22 heavy (non-hydrogen) atoms. The van der Waals surface area contributed by atoms with Gasteiger partial charge < -0.3 is 20.1 Å². The van der Waals surface area contributed by atoms with E-state index in [0.717, 1.165) is 14.7 Å². The van der Waals surface area contributed by atoms with Crippen LogP contribution in [0.5, 0.6) is 0 Å². The van der Waals surface area contributed by atoms with E-state index in [4.69, 9.17) is 20.0 Å². The molecule has 2 heterocycles. The minimum atomic E-state index is -1.00. The molecule has 9 heteroatoms. The minimum Gasteiger partial charge on any atom is -1.00 e. The molecule has 4 nitrogen and oxygen atoms in total. The van der Waals surface area contributed by atoms with Gasteiger partial charge in [0.05, 0.1) is 17.5 Å². The zero-order valence-electron chi connectivity index (χ0n) is 14.6. The van der Waals surface area contributed by atoms with Crippen molar-refractivity contribution in [3.63, 3.8) is 0 Å². The Morgan fingerprint density at radius 2 is 1.68 bits per heavy atom. The van der Waals surface area contributed by atoms with Crippen LogP contribution in [0, 0.1) is 0 Å². The van der Waals surface area contributed by atoms with E-state index in [0.29, 0.717) is 12.4 Å². The second-order valence-corrected chi connectivity index (χ2v) is 4.88. The summed E-state index contributed by atoms with van der Waals surface area (Å²) in [5.41, 5.74) is 0. The fourth-order valence-electron chi connectivity index (χ4n) is 1.01. The first-order chi connectivity index (χ1) is 10.6. The molecule has 0 radical (unpaired) electrons. The molecule has 0 bridgehead atoms. The van der Waals surface area contributed by atoms with Gasteiger partial charge in [0.2, 0.25) is 0 Å². The molecule has 0 fully saturated rings. The van der Waals surface area contributed by atoms with E-state index < -0.39 is 7.15 Å². The van der Waals surface area contributed by atoms with Gasteiger partial charge in [0.1, 0.15) is 37.3 Å². The smallest absolute Gasteiger partial charge is 1.00 e. The van der Waals surface area contributed by atoms with Gasteiger partial charge in [0.15, 0.2) is 0 Å². The second kappa shape index (κ2) is 20.1. The van der Waals surface area contributed by atoms with Crippen LogP contribution in [0.15, 0.2) is 42.4 Å². The summed E-state index contributed by atoms with van der Waals surface area (Å²) in [6.07, 6.45) is 3.17. The number of aliphatic hydroxyl groups excluding tert-OH is 1. The molecular weight excluding hydrogens is 549 g/mol. The number of rotatable bonds is 3. The normalized spacial score (nSPS) is 8.77. The molecule has 0 aromatic carbocycles. The van der Waals surface area contributed by atoms with E-state index in [2.05, 4.69) is 54.5 Å². The average molecular weight is 569 g/mol. The molecular formula is C13H19Br2FINaO4. The van der Waals surface area contributed by atoms with Gasteiger partial charge >= 0.3 is 29.6 Å². The zero-order valence-corrected chi connectivity index (χ0v) is 19.9. The third-order valence-electron chi connectivity index (χ3n) is 1.69. The number of methoxy groups -OCH3 is 1. The summed E-state index contributed by atoms with van der Waals surface area (Å²) >= 11 is 8.57.